The van der Waals surface area contributed by atoms with Crippen molar-refractivity contribution in [1.82, 2.24) is 9.97 Å². The lowest BCUT2D eigenvalue weighted by molar-refractivity contribution is 0.477. The zero-order valence-corrected chi connectivity index (χ0v) is 15.2. The van der Waals surface area contributed by atoms with Gasteiger partial charge in [0.25, 0.3) is 0 Å². The number of anilines is 1. The third-order valence-corrected chi connectivity index (χ3v) is 4.36. The Hall–Kier alpha value is -2.63. The molecule has 1 aromatic heterocycles. The van der Waals surface area contributed by atoms with E-state index < -0.39 is 0 Å². The number of hydrogen-bond acceptors (Lipinski definition) is 5. The van der Waals surface area contributed by atoms with Gasteiger partial charge in [0.05, 0.1) is 5.56 Å². The van der Waals surface area contributed by atoms with E-state index >= 15 is 0 Å². The lowest BCUT2D eigenvalue weighted by Gasteiger charge is -2.12. The number of aromatic nitrogens is 2. The van der Waals surface area contributed by atoms with Gasteiger partial charge in [0.2, 0.25) is 0 Å². The first-order valence-corrected chi connectivity index (χ1v) is 8.86. The summed E-state index contributed by atoms with van der Waals surface area (Å²) in [5, 5.41) is 14.2. The molecule has 3 rings (SSSR count). The van der Waals surface area contributed by atoms with Gasteiger partial charge in [-0.3, -0.25) is 0 Å². The highest BCUT2D eigenvalue weighted by molar-refractivity contribution is 6.30. The second-order valence-corrected chi connectivity index (χ2v) is 6.49. The van der Waals surface area contributed by atoms with Crippen molar-refractivity contribution in [3.63, 3.8) is 0 Å². The molecule has 1 heterocycles. The molecule has 26 heavy (non-hydrogen) atoms. The van der Waals surface area contributed by atoms with Crippen molar-refractivity contribution in [2.75, 3.05) is 11.9 Å². The Morgan fingerprint density at radius 2 is 1.96 bits per heavy atom. The van der Waals surface area contributed by atoms with Crippen LogP contribution >= 0.6 is 11.6 Å². The fourth-order valence-corrected chi connectivity index (χ4v) is 2.72. The van der Waals surface area contributed by atoms with Crippen molar-refractivity contribution in [2.45, 2.75) is 19.4 Å². The minimum atomic E-state index is 0.0629. The smallest absolute Gasteiger partial charge is 0.165 e. The number of benzene rings is 2. The molecule has 0 aliphatic heterocycles. The zero-order valence-electron chi connectivity index (χ0n) is 14.5. The Bertz CT molecular complexity index is 900. The highest BCUT2D eigenvalue weighted by Crippen LogP contribution is 2.32. The number of nitrogens with one attached hydrogen (secondary N) is 1. The Morgan fingerprint density at radius 1 is 1.15 bits per heavy atom. The molecule has 5 nitrogen and oxygen atoms in total. The van der Waals surface area contributed by atoms with Crippen molar-refractivity contribution >= 4 is 17.4 Å². The number of nitrogens with two attached hydrogens (primary N) is 1. The molecule has 0 spiro atoms. The number of halogens is 1. The first-order valence-electron chi connectivity index (χ1n) is 8.48. The van der Waals surface area contributed by atoms with Crippen molar-refractivity contribution in [3.8, 4) is 28.3 Å². The molecule has 0 fully saturated rings. The molecule has 0 aliphatic carbocycles. The molecule has 4 N–H and O–H groups in total. The van der Waals surface area contributed by atoms with Crippen LogP contribution < -0.4 is 11.1 Å². The van der Waals surface area contributed by atoms with E-state index in [1.165, 1.54) is 0 Å². The number of hydrogen-bond donors (Lipinski definition) is 3. The lowest BCUT2D eigenvalue weighted by Crippen LogP contribution is -2.28. The first kappa shape index (κ1) is 18.2. The van der Waals surface area contributed by atoms with Gasteiger partial charge in [0.15, 0.2) is 5.82 Å². The Morgan fingerprint density at radius 3 is 2.73 bits per heavy atom. The Kier molecular flexibility index (Phi) is 5.71. The molecule has 0 amide bonds. The van der Waals surface area contributed by atoms with Crippen LogP contribution in [0.25, 0.3) is 22.5 Å². The molecule has 0 bridgehead atoms. The van der Waals surface area contributed by atoms with Gasteiger partial charge in [-0.2, -0.15) is 0 Å². The highest BCUT2D eigenvalue weighted by atomic mass is 35.5. The predicted molar refractivity (Wildman–Crippen MR) is 106 cm³/mol. The van der Waals surface area contributed by atoms with Crippen molar-refractivity contribution in [1.29, 1.82) is 0 Å². The van der Waals surface area contributed by atoms with Crippen LogP contribution in [-0.2, 0) is 0 Å². The molecule has 1 atom stereocenters. The molecular weight excluding hydrogens is 348 g/mol. The summed E-state index contributed by atoms with van der Waals surface area (Å²) >= 11 is 6.08. The maximum absolute atomic E-state index is 10.3. The molecule has 0 radical (unpaired) electrons. The van der Waals surface area contributed by atoms with E-state index in [1.807, 2.05) is 43.3 Å². The van der Waals surface area contributed by atoms with Gasteiger partial charge >= 0.3 is 0 Å². The van der Waals surface area contributed by atoms with Crippen LogP contribution in [0.4, 0.5) is 5.82 Å². The molecule has 3 aromatic rings. The predicted octanol–water partition coefficient (Wildman–Crippen LogP) is 4.32. The quantitative estimate of drug-likeness (QED) is 0.603. The minimum Gasteiger partial charge on any atom is -0.507 e. The second-order valence-electron chi connectivity index (χ2n) is 6.06. The van der Waals surface area contributed by atoms with Crippen LogP contribution in [0.1, 0.15) is 13.3 Å². The van der Waals surface area contributed by atoms with E-state index in [9.17, 15) is 5.11 Å². The summed E-state index contributed by atoms with van der Waals surface area (Å²) in [5.41, 5.74) is 8.38. The summed E-state index contributed by atoms with van der Waals surface area (Å²) in [6, 6.07) is 14.7. The average Bonchev–Trinajstić information content (AvgIpc) is 2.66. The van der Waals surface area contributed by atoms with Crippen LogP contribution in [0.3, 0.4) is 0 Å². The highest BCUT2D eigenvalue weighted by Gasteiger charge is 2.11. The van der Waals surface area contributed by atoms with Gasteiger partial charge < -0.3 is 16.2 Å². The van der Waals surface area contributed by atoms with Gasteiger partial charge in [0, 0.05) is 23.8 Å². The summed E-state index contributed by atoms with van der Waals surface area (Å²) in [4.78, 5) is 8.80. The molecule has 6 heteroatoms. The van der Waals surface area contributed by atoms with E-state index in [1.54, 1.807) is 18.3 Å². The number of aromatic hydroxyl groups is 1. The maximum Gasteiger partial charge on any atom is 0.165 e. The van der Waals surface area contributed by atoms with Gasteiger partial charge in [-0.25, -0.2) is 9.97 Å². The second kappa shape index (κ2) is 8.17. The van der Waals surface area contributed by atoms with Crippen LogP contribution in [-0.4, -0.2) is 27.7 Å². The SMILES string of the molecule is CC[C@@H](N)CNc1ccnc(-c2cc(-c3cccc(Cl)c3)ccc2O)n1. The number of nitrogens with zero attached hydrogens (tertiary/aromatic N) is 2. The van der Waals surface area contributed by atoms with Gasteiger partial charge in [-0.1, -0.05) is 36.7 Å². The van der Waals surface area contributed by atoms with E-state index in [4.69, 9.17) is 17.3 Å². The van der Waals surface area contributed by atoms with E-state index in [0.29, 0.717) is 28.8 Å². The topological polar surface area (TPSA) is 84.1 Å². The molecule has 0 saturated carbocycles. The van der Waals surface area contributed by atoms with Crippen LogP contribution in [0.15, 0.2) is 54.7 Å². The molecule has 0 aliphatic rings. The van der Waals surface area contributed by atoms with Crippen molar-refractivity contribution in [3.05, 3.63) is 59.8 Å². The standard InChI is InChI=1S/C20H21ClN4O/c1-2-16(22)12-24-19-8-9-23-20(25-19)17-11-14(6-7-18(17)26)13-4-3-5-15(21)10-13/h3-11,16,26H,2,12,22H2,1H3,(H,23,24,25)/t16-/m1/s1. The molecule has 2 aromatic carbocycles. The largest absolute Gasteiger partial charge is 0.507 e. The fraction of sp³-hybridized carbons (Fsp3) is 0.200. The van der Waals surface area contributed by atoms with Crippen LogP contribution in [0, 0.1) is 0 Å². The van der Waals surface area contributed by atoms with Gasteiger partial charge in [-0.15, -0.1) is 0 Å². The summed E-state index contributed by atoms with van der Waals surface area (Å²) in [7, 11) is 0. The van der Waals surface area contributed by atoms with Crippen LogP contribution in [0.2, 0.25) is 5.02 Å². The molecular formula is C20H21ClN4O. The summed E-state index contributed by atoms with van der Waals surface area (Å²) in [6.45, 7) is 2.67. The van der Waals surface area contributed by atoms with Crippen molar-refractivity contribution < 1.29 is 5.11 Å². The first-order chi connectivity index (χ1) is 12.6. The zero-order chi connectivity index (χ0) is 18.5. The van der Waals surface area contributed by atoms with E-state index in [2.05, 4.69) is 15.3 Å². The molecule has 0 saturated heterocycles. The summed E-state index contributed by atoms with van der Waals surface area (Å²) < 4.78 is 0. The van der Waals surface area contributed by atoms with E-state index in [0.717, 1.165) is 17.5 Å². The fourth-order valence-electron chi connectivity index (χ4n) is 2.53. The summed E-state index contributed by atoms with van der Waals surface area (Å²) in [6.07, 6.45) is 2.54. The third-order valence-electron chi connectivity index (χ3n) is 4.12. The number of rotatable bonds is 6. The molecule has 0 unspecified atom stereocenters. The Balaban J connectivity index is 1.92. The average molecular weight is 369 g/mol. The maximum atomic E-state index is 10.3. The third kappa shape index (κ3) is 4.31. The van der Waals surface area contributed by atoms with Crippen LogP contribution in [0.5, 0.6) is 5.75 Å². The Labute approximate surface area is 157 Å². The van der Waals surface area contributed by atoms with Gasteiger partial charge in [-0.05, 0) is 47.9 Å². The van der Waals surface area contributed by atoms with E-state index in [-0.39, 0.29) is 11.8 Å². The normalized spacial score (nSPS) is 12.0. The summed E-state index contributed by atoms with van der Waals surface area (Å²) in [5.74, 6) is 1.24. The minimum absolute atomic E-state index is 0.0629. The molecule has 134 valence electrons. The van der Waals surface area contributed by atoms with Crippen molar-refractivity contribution in [2.24, 2.45) is 5.73 Å². The number of phenolic OH excluding ortho intramolecular Hbond substituents is 1. The number of phenols is 1. The van der Waals surface area contributed by atoms with Gasteiger partial charge in [0.1, 0.15) is 11.6 Å². The monoisotopic (exact) mass is 368 g/mol. The lowest BCUT2D eigenvalue weighted by atomic mass is 10.0.